The van der Waals surface area contributed by atoms with Gasteiger partial charge in [0.1, 0.15) is 0 Å². The van der Waals surface area contributed by atoms with Gasteiger partial charge in [0.2, 0.25) is 0 Å². The van der Waals surface area contributed by atoms with Gasteiger partial charge in [0.05, 0.1) is 24.0 Å². The molecule has 0 saturated carbocycles. The maximum Gasteiger partial charge on any atom is 0.153 e. The van der Waals surface area contributed by atoms with Crippen LogP contribution in [0.3, 0.4) is 0 Å². The SMILES string of the molecule is CCCC(C)COc1c(N)cnc2ccc(Br)cc12. The van der Waals surface area contributed by atoms with E-state index in [0.717, 1.165) is 27.5 Å². The number of nitrogens with two attached hydrogens (primary N) is 1. The molecule has 0 radical (unpaired) electrons. The first-order chi connectivity index (χ1) is 9.11. The molecule has 0 aliphatic rings. The molecule has 2 N–H and O–H groups in total. The summed E-state index contributed by atoms with van der Waals surface area (Å²) in [6, 6.07) is 5.93. The second-order valence-corrected chi connectivity index (χ2v) is 5.82. The molecule has 0 saturated heterocycles. The summed E-state index contributed by atoms with van der Waals surface area (Å²) in [6.45, 7) is 5.06. The number of anilines is 1. The predicted molar refractivity (Wildman–Crippen MR) is 83.4 cm³/mol. The van der Waals surface area contributed by atoms with Crippen LogP contribution in [0.4, 0.5) is 5.69 Å². The van der Waals surface area contributed by atoms with E-state index in [1.807, 2.05) is 18.2 Å². The first-order valence-electron chi connectivity index (χ1n) is 6.58. The van der Waals surface area contributed by atoms with Crippen molar-refractivity contribution in [2.45, 2.75) is 26.7 Å². The second-order valence-electron chi connectivity index (χ2n) is 4.91. The summed E-state index contributed by atoms with van der Waals surface area (Å²) in [6.07, 6.45) is 3.99. The summed E-state index contributed by atoms with van der Waals surface area (Å²) in [7, 11) is 0. The maximum atomic E-state index is 5.99. The van der Waals surface area contributed by atoms with Crippen LogP contribution in [0.2, 0.25) is 0 Å². The Labute approximate surface area is 122 Å². The van der Waals surface area contributed by atoms with E-state index in [-0.39, 0.29) is 0 Å². The normalized spacial score (nSPS) is 12.6. The number of hydrogen-bond donors (Lipinski definition) is 1. The van der Waals surface area contributed by atoms with Gasteiger partial charge < -0.3 is 10.5 Å². The maximum absolute atomic E-state index is 5.99. The van der Waals surface area contributed by atoms with Crippen molar-refractivity contribution in [2.24, 2.45) is 5.92 Å². The summed E-state index contributed by atoms with van der Waals surface area (Å²) in [5, 5.41) is 0.957. The Bertz CT molecular complexity index is 566. The van der Waals surface area contributed by atoms with E-state index < -0.39 is 0 Å². The van der Waals surface area contributed by atoms with Gasteiger partial charge >= 0.3 is 0 Å². The molecule has 102 valence electrons. The Balaban J connectivity index is 2.30. The lowest BCUT2D eigenvalue weighted by molar-refractivity contribution is 0.255. The van der Waals surface area contributed by atoms with Crippen LogP contribution in [0.5, 0.6) is 5.75 Å². The molecule has 2 rings (SSSR count). The Kier molecular flexibility index (Phi) is 4.64. The van der Waals surface area contributed by atoms with E-state index >= 15 is 0 Å². The highest BCUT2D eigenvalue weighted by atomic mass is 79.9. The van der Waals surface area contributed by atoms with Gasteiger partial charge in [-0.1, -0.05) is 36.2 Å². The molecule has 1 unspecified atom stereocenters. The standard InChI is InChI=1S/C15H19BrN2O/c1-3-4-10(2)9-19-15-12-7-11(16)5-6-14(12)18-8-13(15)17/h5-8,10H,3-4,9,17H2,1-2H3. The predicted octanol–water partition coefficient (Wildman–Crippen LogP) is 4.39. The molecule has 1 aromatic carbocycles. The van der Waals surface area contributed by atoms with Crippen LogP contribution < -0.4 is 10.5 Å². The minimum absolute atomic E-state index is 0.528. The van der Waals surface area contributed by atoms with Gasteiger partial charge in [-0.25, -0.2) is 0 Å². The van der Waals surface area contributed by atoms with Crippen molar-refractivity contribution in [3.63, 3.8) is 0 Å². The van der Waals surface area contributed by atoms with Gasteiger partial charge in [-0.05, 0) is 30.5 Å². The summed E-state index contributed by atoms with van der Waals surface area (Å²) >= 11 is 3.47. The molecule has 4 heteroatoms. The third-order valence-electron chi connectivity index (χ3n) is 3.10. The minimum atomic E-state index is 0.528. The average molecular weight is 323 g/mol. The van der Waals surface area contributed by atoms with Crippen LogP contribution in [0.15, 0.2) is 28.9 Å². The number of benzene rings is 1. The van der Waals surface area contributed by atoms with Crippen molar-refractivity contribution in [3.05, 3.63) is 28.9 Å². The fourth-order valence-electron chi connectivity index (χ4n) is 2.12. The lowest BCUT2D eigenvalue weighted by Crippen LogP contribution is -2.09. The first-order valence-corrected chi connectivity index (χ1v) is 7.37. The van der Waals surface area contributed by atoms with Gasteiger partial charge in [-0.3, -0.25) is 4.98 Å². The molecule has 0 aliphatic carbocycles. The molecule has 1 atom stereocenters. The molecule has 1 aromatic heterocycles. The van der Waals surface area contributed by atoms with Crippen LogP contribution in [-0.4, -0.2) is 11.6 Å². The minimum Gasteiger partial charge on any atom is -0.490 e. The number of nitrogen functional groups attached to an aromatic ring is 1. The summed E-state index contributed by atoms with van der Waals surface area (Å²) in [5.74, 6) is 1.27. The van der Waals surface area contributed by atoms with Gasteiger partial charge in [0.15, 0.2) is 5.75 Å². The van der Waals surface area contributed by atoms with Gasteiger partial charge in [-0.15, -0.1) is 0 Å². The zero-order chi connectivity index (χ0) is 13.8. The Morgan fingerprint density at radius 1 is 1.42 bits per heavy atom. The Hall–Kier alpha value is -1.29. The molecular weight excluding hydrogens is 304 g/mol. The number of rotatable bonds is 5. The lowest BCUT2D eigenvalue weighted by Gasteiger charge is -2.15. The fourth-order valence-corrected chi connectivity index (χ4v) is 2.48. The lowest BCUT2D eigenvalue weighted by atomic mass is 10.1. The molecule has 19 heavy (non-hydrogen) atoms. The van der Waals surface area contributed by atoms with Gasteiger partial charge in [0, 0.05) is 9.86 Å². The van der Waals surface area contributed by atoms with Crippen LogP contribution >= 0.6 is 15.9 Å². The topological polar surface area (TPSA) is 48.1 Å². The zero-order valence-corrected chi connectivity index (χ0v) is 12.9. The molecule has 0 aliphatic heterocycles. The third kappa shape index (κ3) is 3.38. The molecule has 0 amide bonds. The van der Waals surface area contributed by atoms with Crippen molar-refractivity contribution >= 4 is 32.5 Å². The Morgan fingerprint density at radius 3 is 2.95 bits per heavy atom. The van der Waals surface area contributed by atoms with Crippen LogP contribution in [-0.2, 0) is 0 Å². The quantitative estimate of drug-likeness (QED) is 0.887. The molecule has 3 nitrogen and oxygen atoms in total. The summed E-state index contributed by atoms with van der Waals surface area (Å²) in [4.78, 5) is 4.32. The van der Waals surface area contributed by atoms with E-state index in [2.05, 4.69) is 34.8 Å². The molecule has 0 fully saturated rings. The van der Waals surface area contributed by atoms with E-state index in [9.17, 15) is 0 Å². The number of halogens is 1. The van der Waals surface area contributed by atoms with Crippen molar-refractivity contribution in [1.29, 1.82) is 0 Å². The Morgan fingerprint density at radius 2 is 2.21 bits per heavy atom. The first kappa shape index (κ1) is 14.1. The van der Waals surface area contributed by atoms with Gasteiger partial charge in [0.25, 0.3) is 0 Å². The van der Waals surface area contributed by atoms with Crippen molar-refractivity contribution in [3.8, 4) is 5.75 Å². The summed E-state index contributed by atoms with van der Waals surface area (Å²) < 4.78 is 6.93. The van der Waals surface area contributed by atoms with Crippen molar-refractivity contribution < 1.29 is 4.74 Å². The van der Waals surface area contributed by atoms with E-state index in [1.54, 1.807) is 6.20 Å². The number of nitrogens with zero attached hydrogens (tertiary/aromatic N) is 1. The van der Waals surface area contributed by atoms with E-state index in [1.165, 1.54) is 6.42 Å². The van der Waals surface area contributed by atoms with Crippen LogP contribution in [0.1, 0.15) is 26.7 Å². The highest BCUT2D eigenvalue weighted by molar-refractivity contribution is 9.10. The van der Waals surface area contributed by atoms with Crippen LogP contribution in [0, 0.1) is 5.92 Å². The van der Waals surface area contributed by atoms with Crippen LogP contribution in [0.25, 0.3) is 10.9 Å². The average Bonchev–Trinajstić information content (AvgIpc) is 2.38. The number of pyridine rings is 1. The molecule has 0 spiro atoms. The van der Waals surface area contributed by atoms with Crippen molar-refractivity contribution in [1.82, 2.24) is 4.98 Å². The zero-order valence-electron chi connectivity index (χ0n) is 11.3. The highest BCUT2D eigenvalue weighted by Gasteiger charge is 2.10. The molecule has 0 bridgehead atoms. The van der Waals surface area contributed by atoms with Gasteiger partial charge in [-0.2, -0.15) is 0 Å². The van der Waals surface area contributed by atoms with E-state index in [4.69, 9.17) is 10.5 Å². The number of ether oxygens (including phenoxy) is 1. The summed E-state index contributed by atoms with van der Waals surface area (Å²) in [5.41, 5.74) is 7.48. The number of fused-ring (bicyclic) bond motifs is 1. The van der Waals surface area contributed by atoms with E-state index in [0.29, 0.717) is 18.2 Å². The fraction of sp³-hybridized carbons (Fsp3) is 0.400. The third-order valence-corrected chi connectivity index (χ3v) is 3.60. The number of hydrogen-bond acceptors (Lipinski definition) is 3. The highest BCUT2D eigenvalue weighted by Crippen LogP contribution is 2.32. The van der Waals surface area contributed by atoms with Crippen molar-refractivity contribution in [2.75, 3.05) is 12.3 Å². The molecule has 2 aromatic rings. The molecule has 1 heterocycles. The largest absolute Gasteiger partial charge is 0.490 e. The smallest absolute Gasteiger partial charge is 0.153 e. The molecular formula is C15H19BrN2O. The second kappa shape index (κ2) is 6.24. The monoisotopic (exact) mass is 322 g/mol. The number of aromatic nitrogens is 1.